The van der Waals surface area contributed by atoms with Crippen molar-refractivity contribution in [3.63, 3.8) is 0 Å². The average Bonchev–Trinajstić information content (AvgIpc) is 2.06. The molecule has 0 saturated heterocycles. The van der Waals surface area contributed by atoms with Gasteiger partial charge in [-0.05, 0) is 18.6 Å². The second kappa shape index (κ2) is 3.85. The first-order valence-corrected chi connectivity index (χ1v) is 5.27. The maximum Gasteiger partial charge on any atom is 0.357 e. The molecule has 0 aromatic heterocycles. The van der Waals surface area contributed by atoms with Gasteiger partial charge < -0.3 is 4.74 Å². The molecule has 0 saturated carbocycles. The molecule has 0 atom stereocenters. The van der Waals surface area contributed by atoms with Crippen LogP contribution in [-0.2, 0) is 10.3 Å². The fourth-order valence-corrected chi connectivity index (χ4v) is 1.59. The van der Waals surface area contributed by atoms with Crippen molar-refractivity contribution in [2.24, 2.45) is 0 Å². The van der Waals surface area contributed by atoms with Crippen LogP contribution in [0.1, 0.15) is 5.56 Å². The summed E-state index contributed by atoms with van der Waals surface area (Å²) in [4.78, 5) is 0. The zero-order chi connectivity index (χ0) is 10.8. The van der Waals surface area contributed by atoms with Crippen molar-refractivity contribution in [2.45, 2.75) is 6.92 Å². The topological polar surface area (TPSA) is 75.6 Å². The van der Waals surface area contributed by atoms with Gasteiger partial charge in [0.2, 0.25) is 0 Å². The minimum absolute atomic E-state index is 0.248. The molecule has 0 aliphatic rings. The Balaban J connectivity index is 3.18. The molecule has 14 heavy (non-hydrogen) atoms. The van der Waals surface area contributed by atoms with Crippen LogP contribution in [-0.4, -0.2) is 20.1 Å². The van der Waals surface area contributed by atoms with E-state index >= 15 is 0 Å². The number of aryl methyl sites for hydroxylation is 1. The minimum Gasteiger partial charge on any atom is -0.495 e. The number of ether oxygens (including phenoxy) is 1. The number of benzene rings is 1. The molecule has 0 radical (unpaired) electrons. The van der Waals surface area contributed by atoms with Gasteiger partial charge in [-0.15, -0.1) is 0 Å². The van der Waals surface area contributed by atoms with Crippen molar-refractivity contribution in [3.8, 4) is 5.75 Å². The third-order valence-corrected chi connectivity index (χ3v) is 2.15. The van der Waals surface area contributed by atoms with Gasteiger partial charge in [0, 0.05) is 0 Å². The van der Waals surface area contributed by atoms with E-state index in [0.29, 0.717) is 11.3 Å². The fraction of sp³-hybridized carbons (Fsp3) is 0.250. The average molecular weight is 217 g/mol. The molecule has 6 heteroatoms. The summed E-state index contributed by atoms with van der Waals surface area (Å²) in [5.41, 5.74) is 0.916. The molecule has 1 rings (SSSR count). The number of rotatable bonds is 3. The second-order valence-electron chi connectivity index (χ2n) is 2.73. The number of hydrogen-bond donors (Lipinski definition) is 2. The lowest BCUT2D eigenvalue weighted by atomic mass is 10.2. The molecule has 0 spiro atoms. The molecule has 0 heterocycles. The summed E-state index contributed by atoms with van der Waals surface area (Å²) in [6.45, 7) is 1.70. The highest BCUT2D eigenvalue weighted by Crippen LogP contribution is 2.28. The molecule has 0 aliphatic carbocycles. The second-order valence-corrected chi connectivity index (χ2v) is 3.88. The van der Waals surface area contributed by atoms with E-state index in [4.69, 9.17) is 9.29 Å². The van der Waals surface area contributed by atoms with Gasteiger partial charge in [0.15, 0.2) is 0 Å². The first kappa shape index (κ1) is 10.8. The molecular weight excluding hydrogens is 206 g/mol. The first-order chi connectivity index (χ1) is 6.44. The molecular formula is C8H11NO4S. The monoisotopic (exact) mass is 217 g/mol. The highest BCUT2D eigenvalue weighted by atomic mass is 32.2. The van der Waals surface area contributed by atoms with E-state index in [1.807, 2.05) is 4.72 Å². The van der Waals surface area contributed by atoms with Crippen molar-refractivity contribution in [1.29, 1.82) is 0 Å². The van der Waals surface area contributed by atoms with Gasteiger partial charge in [-0.25, -0.2) is 0 Å². The molecule has 0 bridgehead atoms. The van der Waals surface area contributed by atoms with Gasteiger partial charge in [-0.3, -0.25) is 9.27 Å². The first-order valence-electron chi connectivity index (χ1n) is 3.83. The van der Waals surface area contributed by atoms with Crippen molar-refractivity contribution in [3.05, 3.63) is 23.8 Å². The number of hydrogen-bond acceptors (Lipinski definition) is 3. The lowest BCUT2D eigenvalue weighted by molar-refractivity contribution is 0.416. The third-order valence-electron chi connectivity index (χ3n) is 1.69. The van der Waals surface area contributed by atoms with Gasteiger partial charge in [0.25, 0.3) is 0 Å². The minimum atomic E-state index is -4.26. The maximum atomic E-state index is 10.6. The Morgan fingerprint density at radius 3 is 2.57 bits per heavy atom. The number of anilines is 1. The van der Waals surface area contributed by atoms with Crippen LogP contribution >= 0.6 is 0 Å². The Kier molecular flexibility index (Phi) is 2.97. The molecule has 1 aromatic rings. The van der Waals surface area contributed by atoms with Crippen LogP contribution in [0.4, 0.5) is 5.69 Å². The summed E-state index contributed by atoms with van der Waals surface area (Å²) in [6, 6.07) is 5.03. The summed E-state index contributed by atoms with van der Waals surface area (Å²) in [6.07, 6.45) is 0. The van der Waals surface area contributed by atoms with E-state index in [0.717, 1.165) is 0 Å². The van der Waals surface area contributed by atoms with Crippen molar-refractivity contribution < 1.29 is 17.7 Å². The predicted octanol–water partition coefficient (Wildman–Crippen LogP) is 1.22. The summed E-state index contributed by atoms with van der Waals surface area (Å²) in [5.74, 6) is 0.364. The van der Waals surface area contributed by atoms with Crippen LogP contribution in [0.25, 0.3) is 0 Å². The van der Waals surface area contributed by atoms with Crippen LogP contribution in [0, 0.1) is 6.92 Å². The van der Waals surface area contributed by atoms with Gasteiger partial charge in [-0.2, -0.15) is 8.42 Å². The molecule has 5 nitrogen and oxygen atoms in total. The van der Waals surface area contributed by atoms with Crippen LogP contribution in [0.5, 0.6) is 5.75 Å². The lowest BCUT2D eigenvalue weighted by Gasteiger charge is -2.10. The zero-order valence-corrected chi connectivity index (χ0v) is 8.63. The number of methoxy groups -OCH3 is 1. The van der Waals surface area contributed by atoms with E-state index < -0.39 is 10.3 Å². The van der Waals surface area contributed by atoms with Crippen LogP contribution in [0.2, 0.25) is 0 Å². The standard InChI is InChI=1S/C8H11NO4S/c1-6-4-3-5-7(13-2)8(6)9-14(10,11)12/h3-5,9H,1-2H3,(H,10,11,12). The Morgan fingerprint density at radius 1 is 1.43 bits per heavy atom. The van der Waals surface area contributed by atoms with E-state index in [1.165, 1.54) is 7.11 Å². The number of para-hydroxylation sites is 1. The molecule has 0 amide bonds. The van der Waals surface area contributed by atoms with E-state index in [9.17, 15) is 8.42 Å². The molecule has 0 unspecified atom stereocenters. The smallest absolute Gasteiger partial charge is 0.357 e. The Hall–Kier alpha value is -1.27. The quantitative estimate of drug-likeness (QED) is 0.746. The van der Waals surface area contributed by atoms with E-state index in [2.05, 4.69) is 0 Å². The summed E-state index contributed by atoms with van der Waals surface area (Å²) in [7, 11) is -2.84. The highest BCUT2D eigenvalue weighted by Gasteiger charge is 2.11. The van der Waals surface area contributed by atoms with Crippen LogP contribution in [0.3, 0.4) is 0 Å². The van der Waals surface area contributed by atoms with E-state index in [1.54, 1.807) is 25.1 Å². The fourth-order valence-electron chi connectivity index (χ4n) is 1.07. The van der Waals surface area contributed by atoms with Crippen LogP contribution < -0.4 is 9.46 Å². The lowest BCUT2D eigenvalue weighted by Crippen LogP contribution is -2.12. The normalized spacial score (nSPS) is 11.1. The summed E-state index contributed by atoms with van der Waals surface area (Å²) in [5, 5.41) is 0. The Morgan fingerprint density at radius 2 is 2.07 bits per heavy atom. The van der Waals surface area contributed by atoms with Gasteiger partial charge in [0.1, 0.15) is 5.75 Å². The van der Waals surface area contributed by atoms with Crippen molar-refractivity contribution in [1.82, 2.24) is 0 Å². The van der Waals surface area contributed by atoms with E-state index in [-0.39, 0.29) is 5.69 Å². The number of nitrogens with one attached hydrogen (secondary N) is 1. The van der Waals surface area contributed by atoms with Crippen LogP contribution in [0.15, 0.2) is 18.2 Å². The van der Waals surface area contributed by atoms with Crippen molar-refractivity contribution >= 4 is 16.0 Å². The Bertz CT molecular complexity index is 427. The SMILES string of the molecule is COc1cccc(C)c1NS(=O)(=O)O. The van der Waals surface area contributed by atoms with Crippen molar-refractivity contribution in [2.75, 3.05) is 11.8 Å². The maximum absolute atomic E-state index is 10.6. The summed E-state index contributed by atoms with van der Waals surface area (Å²) < 4.78 is 36.7. The van der Waals surface area contributed by atoms with Gasteiger partial charge in [-0.1, -0.05) is 12.1 Å². The van der Waals surface area contributed by atoms with Gasteiger partial charge >= 0.3 is 10.3 Å². The molecule has 0 aliphatic heterocycles. The summed E-state index contributed by atoms with van der Waals surface area (Å²) >= 11 is 0. The molecule has 2 N–H and O–H groups in total. The highest BCUT2D eigenvalue weighted by molar-refractivity contribution is 7.87. The largest absolute Gasteiger partial charge is 0.495 e. The zero-order valence-electron chi connectivity index (χ0n) is 7.81. The van der Waals surface area contributed by atoms with Gasteiger partial charge in [0.05, 0.1) is 12.8 Å². The molecule has 0 fully saturated rings. The predicted molar refractivity (Wildman–Crippen MR) is 52.9 cm³/mol. The third kappa shape index (κ3) is 2.61. The molecule has 78 valence electrons. The molecule has 1 aromatic carbocycles. The Labute approximate surface area is 82.6 Å².